The van der Waals surface area contributed by atoms with E-state index < -0.39 is 13.5 Å². The summed E-state index contributed by atoms with van der Waals surface area (Å²) in [4.78, 5) is 12.1. The highest BCUT2D eigenvalue weighted by Crippen LogP contribution is 2.57. The number of rotatable bonds is 15. The van der Waals surface area contributed by atoms with E-state index in [1.165, 1.54) is 77.0 Å². The first-order valence-electron chi connectivity index (χ1n) is 12.3. The number of hydrogen-bond donors (Lipinski definition) is 0. The third kappa shape index (κ3) is 8.26. The van der Waals surface area contributed by atoms with Gasteiger partial charge in [-0.2, -0.15) is 0 Å². The molecule has 172 valence electrons. The van der Waals surface area contributed by atoms with Crippen molar-refractivity contribution in [1.29, 1.82) is 0 Å². The van der Waals surface area contributed by atoms with E-state index in [1.807, 2.05) is 0 Å². The lowest BCUT2D eigenvalue weighted by Crippen LogP contribution is -2.67. The molecular weight excluding hydrogens is 385 g/mol. The predicted octanol–water partition coefficient (Wildman–Crippen LogP) is 6.31. The molecule has 0 saturated carbocycles. The summed E-state index contributed by atoms with van der Waals surface area (Å²) < 4.78 is 23.5. The van der Waals surface area contributed by atoms with Crippen molar-refractivity contribution in [2.75, 3.05) is 20.6 Å². The fourth-order valence-electron chi connectivity index (χ4n) is 5.07. The number of hydrogen-bond acceptors (Lipinski definition) is 4. The number of likely N-dealkylation sites (tertiary alicyclic amines) is 1. The van der Waals surface area contributed by atoms with Gasteiger partial charge in [-0.3, -0.25) is 9.09 Å². The molecule has 2 aliphatic rings. The van der Waals surface area contributed by atoms with Gasteiger partial charge < -0.3 is 13.9 Å². The summed E-state index contributed by atoms with van der Waals surface area (Å²) >= 11 is 0. The minimum atomic E-state index is -4.16. The van der Waals surface area contributed by atoms with Crippen LogP contribution in [0.3, 0.4) is 0 Å². The van der Waals surface area contributed by atoms with Crippen molar-refractivity contribution in [1.82, 2.24) is 0 Å². The molecule has 2 fully saturated rings. The van der Waals surface area contributed by atoms with Crippen LogP contribution in [0.25, 0.3) is 0 Å². The average Bonchev–Trinajstić information content (AvgIpc) is 2.64. The highest BCUT2D eigenvalue weighted by atomic mass is 31.2. The van der Waals surface area contributed by atoms with Crippen molar-refractivity contribution in [2.45, 2.75) is 128 Å². The zero-order chi connectivity index (χ0) is 21.2. The van der Waals surface area contributed by atoms with E-state index >= 15 is 0 Å². The SMILES string of the molecule is CCCCCCCCCCCCCCCCC12CC(CC[N+]1(C)C)OP(=O)([O-])O2. The topological polar surface area (TPSA) is 58.6 Å². The Bertz CT molecular complexity index is 513. The molecule has 0 aromatic heterocycles. The van der Waals surface area contributed by atoms with Crippen LogP contribution in [0.15, 0.2) is 0 Å². The molecule has 6 heteroatoms. The molecule has 0 N–H and O–H groups in total. The van der Waals surface area contributed by atoms with Gasteiger partial charge in [0.1, 0.15) is 0 Å². The van der Waals surface area contributed by atoms with Gasteiger partial charge >= 0.3 is 0 Å². The Morgan fingerprint density at radius 3 is 1.90 bits per heavy atom. The number of unbranched alkanes of at least 4 members (excludes halogenated alkanes) is 13. The van der Waals surface area contributed by atoms with Crippen molar-refractivity contribution < 1.29 is 23.0 Å². The molecule has 2 bridgehead atoms. The number of nitrogens with zero attached hydrogens (tertiary/aromatic N) is 1. The number of phosphoric ester groups is 1. The quantitative estimate of drug-likeness (QED) is 0.173. The Kier molecular flexibility index (Phi) is 10.7. The Balaban J connectivity index is 1.53. The molecule has 2 rings (SSSR count). The van der Waals surface area contributed by atoms with Gasteiger partial charge in [0.05, 0.1) is 33.2 Å². The van der Waals surface area contributed by atoms with Gasteiger partial charge in [0.15, 0.2) is 0 Å². The summed E-state index contributed by atoms with van der Waals surface area (Å²) in [7, 11) is 0.0417. The van der Waals surface area contributed by atoms with E-state index in [0.717, 1.165) is 32.2 Å². The second-order valence-corrected chi connectivity index (χ2v) is 11.2. The lowest BCUT2D eigenvalue weighted by Gasteiger charge is -2.57. The maximum atomic E-state index is 12.1. The summed E-state index contributed by atoms with van der Waals surface area (Å²) in [5.74, 6) is 0. The first-order chi connectivity index (χ1) is 13.8. The first-order valence-corrected chi connectivity index (χ1v) is 13.8. The molecule has 0 aromatic carbocycles. The fourth-order valence-corrected chi connectivity index (χ4v) is 6.46. The standard InChI is InChI=1S/C23H46NO4P/c1-4-5-6-7-8-9-10-11-12-13-14-15-16-17-19-23-21-22(18-20-24(23,2)3)27-29(25,26)28-23/h22H,4-21H2,1-3H3. The largest absolute Gasteiger partial charge is 0.756 e. The molecule has 0 radical (unpaired) electrons. The highest BCUT2D eigenvalue weighted by molar-refractivity contribution is 7.46. The average molecular weight is 432 g/mol. The minimum absolute atomic E-state index is 0.190. The fraction of sp³-hybridized carbons (Fsp3) is 1.00. The summed E-state index contributed by atoms with van der Waals surface area (Å²) in [5, 5.41) is 0. The minimum Gasteiger partial charge on any atom is -0.756 e. The molecular formula is C23H46NO4P. The van der Waals surface area contributed by atoms with Gasteiger partial charge in [0, 0.05) is 12.8 Å². The van der Waals surface area contributed by atoms with E-state index in [4.69, 9.17) is 9.05 Å². The maximum Gasteiger partial charge on any atom is 0.273 e. The van der Waals surface area contributed by atoms with E-state index in [2.05, 4.69) is 21.0 Å². The van der Waals surface area contributed by atoms with Gasteiger partial charge in [-0.25, -0.2) is 0 Å². The van der Waals surface area contributed by atoms with Crippen LogP contribution in [0, 0.1) is 0 Å². The van der Waals surface area contributed by atoms with Gasteiger partial charge in [0.2, 0.25) is 5.72 Å². The Morgan fingerprint density at radius 1 is 0.897 bits per heavy atom. The first kappa shape index (κ1) is 25.3. The van der Waals surface area contributed by atoms with E-state index in [0.29, 0.717) is 10.9 Å². The molecule has 0 spiro atoms. The molecule has 0 aromatic rings. The molecule has 2 heterocycles. The van der Waals surface area contributed by atoms with Gasteiger partial charge in [0.25, 0.3) is 7.82 Å². The number of fused-ring (bicyclic) bond motifs is 2. The van der Waals surface area contributed by atoms with Crippen molar-refractivity contribution >= 4 is 7.82 Å². The summed E-state index contributed by atoms with van der Waals surface area (Å²) in [6.07, 6.45) is 20.7. The second kappa shape index (κ2) is 12.2. The van der Waals surface area contributed by atoms with Crippen LogP contribution >= 0.6 is 7.82 Å². The van der Waals surface area contributed by atoms with Crippen molar-refractivity contribution in [2.24, 2.45) is 0 Å². The monoisotopic (exact) mass is 431 g/mol. The lowest BCUT2D eigenvalue weighted by atomic mass is 9.89. The van der Waals surface area contributed by atoms with Gasteiger partial charge in [-0.1, -0.05) is 90.4 Å². The van der Waals surface area contributed by atoms with Crippen molar-refractivity contribution in [3.8, 4) is 0 Å². The summed E-state index contributed by atoms with van der Waals surface area (Å²) in [6, 6.07) is 0. The third-order valence-electron chi connectivity index (χ3n) is 7.14. The summed E-state index contributed by atoms with van der Waals surface area (Å²) in [5.41, 5.74) is -0.616. The van der Waals surface area contributed by atoms with E-state index in [1.54, 1.807) is 0 Å². The van der Waals surface area contributed by atoms with Crippen LogP contribution in [0.4, 0.5) is 0 Å². The zero-order valence-corrected chi connectivity index (χ0v) is 20.2. The molecule has 5 nitrogen and oxygen atoms in total. The van der Waals surface area contributed by atoms with Crippen LogP contribution < -0.4 is 4.89 Å². The Hall–Kier alpha value is 0.0700. The molecule has 29 heavy (non-hydrogen) atoms. The number of phosphoric acid groups is 1. The molecule has 2 saturated heterocycles. The molecule has 0 aliphatic carbocycles. The van der Waals surface area contributed by atoms with Crippen LogP contribution in [0.5, 0.6) is 0 Å². The van der Waals surface area contributed by atoms with E-state index in [-0.39, 0.29) is 6.10 Å². The maximum absolute atomic E-state index is 12.1. The normalized spacial score (nSPS) is 31.1. The molecule has 3 unspecified atom stereocenters. The van der Waals surface area contributed by atoms with Crippen molar-refractivity contribution in [3.05, 3.63) is 0 Å². The molecule has 0 amide bonds. The van der Waals surface area contributed by atoms with Crippen LogP contribution in [-0.2, 0) is 13.6 Å². The molecule has 3 atom stereocenters. The molecule has 2 aliphatic heterocycles. The Labute approximate surface area is 179 Å². The van der Waals surface area contributed by atoms with Gasteiger partial charge in [-0.05, 0) is 6.42 Å². The second-order valence-electron chi connectivity index (χ2n) is 9.96. The van der Waals surface area contributed by atoms with Crippen LogP contribution in [0.1, 0.15) is 116 Å². The number of piperidine rings is 1. The van der Waals surface area contributed by atoms with Crippen LogP contribution in [0.2, 0.25) is 0 Å². The predicted molar refractivity (Wildman–Crippen MR) is 117 cm³/mol. The van der Waals surface area contributed by atoms with Crippen LogP contribution in [-0.4, -0.2) is 37.0 Å². The lowest BCUT2D eigenvalue weighted by molar-refractivity contribution is -0.972. The number of quaternary nitrogens is 1. The van der Waals surface area contributed by atoms with E-state index in [9.17, 15) is 9.46 Å². The van der Waals surface area contributed by atoms with Gasteiger partial charge in [-0.15, -0.1) is 0 Å². The highest BCUT2D eigenvalue weighted by Gasteiger charge is 2.57. The zero-order valence-electron chi connectivity index (χ0n) is 19.3. The smallest absolute Gasteiger partial charge is 0.273 e. The van der Waals surface area contributed by atoms with Crippen molar-refractivity contribution in [3.63, 3.8) is 0 Å². The Morgan fingerprint density at radius 2 is 1.38 bits per heavy atom. The third-order valence-corrected chi connectivity index (χ3v) is 8.26. The summed E-state index contributed by atoms with van der Waals surface area (Å²) in [6.45, 7) is 3.18.